The lowest BCUT2D eigenvalue weighted by Crippen LogP contribution is -2.52. The van der Waals surface area contributed by atoms with Gasteiger partial charge in [0.15, 0.2) is 0 Å². The maximum atomic E-state index is 12.3. The smallest absolute Gasteiger partial charge is 0.410 e. The van der Waals surface area contributed by atoms with E-state index in [2.05, 4.69) is 24.4 Å². The highest BCUT2D eigenvalue weighted by atomic mass is 16.6. The van der Waals surface area contributed by atoms with Gasteiger partial charge in [0.2, 0.25) is 0 Å². The molecular weight excluding hydrogens is 288 g/mol. The number of fused-ring (bicyclic) bond motifs is 2. The third-order valence-corrected chi connectivity index (χ3v) is 5.54. The quantitative estimate of drug-likeness (QED) is 0.808. The predicted octanol–water partition coefficient (Wildman–Crippen LogP) is 3.58. The Bertz CT molecular complexity index is 468. The molecule has 0 aromatic rings. The molecule has 1 aliphatic heterocycles. The monoisotopic (exact) mass is 320 g/mol. The van der Waals surface area contributed by atoms with Gasteiger partial charge in [-0.2, -0.15) is 0 Å². The van der Waals surface area contributed by atoms with Crippen molar-refractivity contribution in [3.05, 3.63) is 12.2 Å². The average Bonchev–Trinajstić information content (AvgIpc) is 3.08. The lowest BCUT2D eigenvalue weighted by atomic mass is 9.87. The Labute approximate surface area is 140 Å². The van der Waals surface area contributed by atoms with Gasteiger partial charge in [0, 0.05) is 25.2 Å². The number of allylic oxidation sites excluding steroid dienone is 2. The van der Waals surface area contributed by atoms with Crippen molar-refractivity contribution in [2.75, 3.05) is 13.1 Å². The van der Waals surface area contributed by atoms with Gasteiger partial charge >= 0.3 is 6.09 Å². The van der Waals surface area contributed by atoms with E-state index in [0.29, 0.717) is 12.1 Å². The van der Waals surface area contributed by atoms with Crippen molar-refractivity contribution in [2.24, 2.45) is 17.8 Å². The van der Waals surface area contributed by atoms with Gasteiger partial charge in [0.05, 0.1) is 0 Å². The van der Waals surface area contributed by atoms with Crippen LogP contribution in [0.1, 0.15) is 53.4 Å². The zero-order valence-electron chi connectivity index (χ0n) is 15.0. The fourth-order valence-corrected chi connectivity index (χ4v) is 4.50. The van der Waals surface area contributed by atoms with Crippen molar-refractivity contribution in [1.82, 2.24) is 10.2 Å². The zero-order chi connectivity index (χ0) is 16.6. The third-order valence-electron chi connectivity index (χ3n) is 5.54. The van der Waals surface area contributed by atoms with Crippen molar-refractivity contribution in [2.45, 2.75) is 71.1 Å². The summed E-state index contributed by atoms with van der Waals surface area (Å²) in [5.41, 5.74) is -0.417. The Morgan fingerprint density at radius 1 is 1.30 bits per heavy atom. The third kappa shape index (κ3) is 4.09. The molecule has 1 N–H and O–H groups in total. The highest BCUT2D eigenvalue weighted by molar-refractivity contribution is 5.68. The van der Waals surface area contributed by atoms with Gasteiger partial charge in [-0.15, -0.1) is 0 Å². The maximum Gasteiger partial charge on any atom is 0.410 e. The highest BCUT2D eigenvalue weighted by Crippen LogP contribution is 2.45. The van der Waals surface area contributed by atoms with E-state index in [9.17, 15) is 4.79 Å². The number of nitrogens with one attached hydrogen (secondary N) is 1. The molecule has 2 bridgehead atoms. The number of hydrogen-bond acceptors (Lipinski definition) is 3. The molecule has 1 heterocycles. The second kappa shape index (κ2) is 6.46. The standard InChI is InChI=1S/C19H32N2O2/c1-13(17-11-14-7-8-15(17)10-14)20-16-6-5-9-21(12-16)18(22)23-19(2,3)4/h7-8,13-17,20H,5-6,9-12H2,1-4H3. The van der Waals surface area contributed by atoms with Crippen molar-refractivity contribution in [3.63, 3.8) is 0 Å². The van der Waals surface area contributed by atoms with Crippen molar-refractivity contribution in [3.8, 4) is 0 Å². The molecule has 5 atom stereocenters. The highest BCUT2D eigenvalue weighted by Gasteiger charge is 2.39. The lowest BCUT2D eigenvalue weighted by molar-refractivity contribution is 0.0180. The summed E-state index contributed by atoms with van der Waals surface area (Å²) in [5, 5.41) is 3.81. The molecule has 4 nitrogen and oxygen atoms in total. The van der Waals surface area contributed by atoms with E-state index in [1.165, 1.54) is 12.8 Å². The molecule has 3 aliphatic rings. The van der Waals surface area contributed by atoms with Crippen LogP contribution in [0, 0.1) is 17.8 Å². The summed E-state index contributed by atoms with van der Waals surface area (Å²) in [5.74, 6) is 2.36. The van der Waals surface area contributed by atoms with E-state index in [4.69, 9.17) is 4.74 Å². The van der Waals surface area contributed by atoms with E-state index < -0.39 is 5.60 Å². The molecule has 3 rings (SSSR count). The molecule has 23 heavy (non-hydrogen) atoms. The second-order valence-electron chi connectivity index (χ2n) is 8.66. The van der Waals surface area contributed by atoms with E-state index in [1.54, 1.807) is 0 Å². The normalized spacial score (nSPS) is 34.7. The van der Waals surface area contributed by atoms with E-state index in [-0.39, 0.29) is 6.09 Å². The summed E-state index contributed by atoms with van der Waals surface area (Å²) in [7, 11) is 0. The van der Waals surface area contributed by atoms with Gasteiger partial charge in [-0.25, -0.2) is 4.79 Å². The molecule has 4 heteroatoms. The number of hydrogen-bond donors (Lipinski definition) is 1. The molecule has 0 radical (unpaired) electrons. The van der Waals surface area contributed by atoms with Gasteiger partial charge in [-0.1, -0.05) is 12.2 Å². The molecule has 0 spiro atoms. The largest absolute Gasteiger partial charge is 0.444 e. The Balaban J connectivity index is 1.50. The van der Waals surface area contributed by atoms with E-state index in [1.807, 2.05) is 25.7 Å². The summed E-state index contributed by atoms with van der Waals surface area (Å²) in [6.45, 7) is 9.69. The van der Waals surface area contributed by atoms with Crippen molar-refractivity contribution in [1.29, 1.82) is 0 Å². The molecular formula is C19H32N2O2. The minimum Gasteiger partial charge on any atom is -0.444 e. The summed E-state index contributed by atoms with van der Waals surface area (Å²) >= 11 is 0. The number of nitrogens with zero attached hydrogens (tertiary/aromatic N) is 1. The Morgan fingerprint density at radius 2 is 2.09 bits per heavy atom. The molecule has 5 unspecified atom stereocenters. The average molecular weight is 320 g/mol. The second-order valence-corrected chi connectivity index (χ2v) is 8.66. The first kappa shape index (κ1) is 16.8. The molecule has 2 aliphatic carbocycles. The van der Waals surface area contributed by atoms with E-state index >= 15 is 0 Å². The first-order valence-corrected chi connectivity index (χ1v) is 9.24. The van der Waals surface area contributed by atoms with Crippen LogP contribution in [0.4, 0.5) is 4.79 Å². The van der Waals surface area contributed by atoms with Crippen LogP contribution in [0.15, 0.2) is 12.2 Å². The first-order chi connectivity index (χ1) is 10.8. The maximum absolute atomic E-state index is 12.3. The van der Waals surface area contributed by atoms with Gasteiger partial charge in [0.25, 0.3) is 0 Å². The topological polar surface area (TPSA) is 41.6 Å². The van der Waals surface area contributed by atoms with Crippen LogP contribution < -0.4 is 5.32 Å². The van der Waals surface area contributed by atoms with E-state index in [0.717, 1.165) is 43.7 Å². The van der Waals surface area contributed by atoms with Crippen molar-refractivity contribution < 1.29 is 9.53 Å². The lowest BCUT2D eigenvalue weighted by Gasteiger charge is -2.37. The van der Waals surface area contributed by atoms with Crippen LogP contribution in [-0.4, -0.2) is 41.8 Å². The Kier molecular flexibility index (Phi) is 4.73. The van der Waals surface area contributed by atoms with Gasteiger partial charge < -0.3 is 15.0 Å². The number of rotatable bonds is 3. The number of carbonyl (C=O) groups excluding carboxylic acids is 1. The van der Waals surface area contributed by atoms with Gasteiger partial charge in [0.1, 0.15) is 5.60 Å². The molecule has 0 aromatic heterocycles. The summed E-state index contributed by atoms with van der Waals surface area (Å²) < 4.78 is 5.52. The number of likely N-dealkylation sites (tertiary alicyclic amines) is 1. The van der Waals surface area contributed by atoms with Crippen molar-refractivity contribution >= 4 is 6.09 Å². The van der Waals surface area contributed by atoms with Crippen LogP contribution in [0.3, 0.4) is 0 Å². The van der Waals surface area contributed by atoms with Crippen LogP contribution >= 0.6 is 0 Å². The van der Waals surface area contributed by atoms with Gasteiger partial charge in [-0.05, 0) is 71.1 Å². The minimum atomic E-state index is -0.417. The number of carbonyl (C=O) groups is 1. The summed E-state index contributed by atoms with van der Waals surface area (Å²) in [4.78, 5) is 14.1. The number of piperidine rings is 1. The van der Waals surface area contributed by atoms with Gasteiger partial charge in [-0.3, -0.25) is 0 Å². The number of amides is 1. The predicted molar refractivity (Wildman–Crippen MR) is 92.3 cm³/mol. The zero-order valence-corrected chi connectivity index (χ0v) is 15.0. The van der Waals surface area contributed by atoms with Crippen LogP contribution in [0.25, 0.3) is 0 Å². The van der Waals surface area contributed by atoms with Crippen LogP contribution in [0.5, 0.6) is 0 Å². The fourth-order valence-electron chi connectivity index (χ4n) is 4.50. The minimum absolute atomic E-state index is 0.167. The SMILES string of the molecule is CC(NC1CCCN(C(=O)OC(C)(C)C)C1)C1CC2C=CC1C2. The molecule has 1 saturated heterocycles. The first-order valence-electron chi connectivity index (χ1n) is 9.24. The number of ether oxygens (including phenoxy) is 1. The Hall–Kier alpha value is -1.03. The molecule has 1 amide bonds. The fraction of sp³-hybridized carbons (Fsp3) is 0.842. The Morgan fingerprint density at radius 3 is 2.70 bits per heavy atom. The molecule has 2 fully saturated rings. The van der Waals surface area contributed by atoms with Crippen LogP contribution in [-0.2, 0) is 4.74 Å². The van der Waals surface area contributed by atoms with Crippen LogP contribution in [0.2, 0.25) is 0 Å². The summed E-state index contributed by atoms with van der Waals surface area (Å²) in [6, 6.07) is 0.924. The molecule has 0 aromatic carbocycles. The molecule has 1 saturated carbocycles. The summed E-state index contributed by atoms with van der Waals surface area (Å²) in [6.07, 6.45) is 9.55. The molecule has 130 valence electrons.